The van der Waals surface area contributed by atoms with Crippen molar-refractivity contribution in [3.63, 3.8) is 0 Å². The molecule has 0 amide bonds. The number of aromatic nitrogens is 1. The van der Waals surface area contributed by atoms with Crippen molar-refractivity contribution in [2.45, 2.75) is 19.3 Å². The van der Waals surface area contributed by atoms with Crippen LogP contribution in [-0.2, 0) is 5.41 Å². The summed E-state index contributed by atoms with van der Waals surface area (Å²) in [4.78, 5) is 0. The molecule has 0 fully saturated rings. The molecule has 0 N–H and O–H groups in total. The molecule has 3 nitrogen and oxygen atoms in total. The van der Waals surface area contributed by atoms with Crippen LogP contribution in [0.5, 0.6) is 0 Å². The molecule has 54 heavy (non-hydrogen) atoms. The predicted octanol–water partition coefficient (Wildman–Crippen LogP) is 14.2. The van der Waals surface area contributed by atoms with Crippen molar-refractivity contribution in [3.8, 4) is 39.1 Å². The summed E-state index contributed by atoms with van der Waals surface area (Å²) >= 11 is 0. The first-order valence-electron chi connectivity index (χ1n) is 18.7. The smallest absolute Gasteiger partial charge is 0.143 e. The number of hydrogen-bond donors (Lipinski definition) is 0. The lowest BCUT2D eigenvalue weighted by Crippen LogP contribution is -2.15. The van der Waals surface area contributed by atoms with Crippen LogP contribution in [0.1, 0.15) is 25.0 Å². The maximum absolute atomic E-state index is 6.59. The Hall–Kier alpha value is -6.84. The molecule has 0 radical (unpaired) electrons. The summed E-state index contributed by atoms with van der Waals surface area (Å²) in [7, 11) is 0. The lowest BCUT2D eigenvalue weighted by atomic mass is 9.82. The average molecular weight is 692 g/mol. The van der Waals surface area contributed by atoms with E-state index in [4.69, 9.17) is 8.83 Å². The molecule has 12 rings (SSSR count). The van der Waals surface area contributed by atoms with Crippen molar-refractivity contribution in [1.82, 2.24) is 4.57 Å². The van der Waals surface area contributed by atoms with Gasteiger partial charge >= 0.3 is 0 Å². The molecule has 0 atom stereocenters. The van der Waals surface area contributed by atoms with Gasteiger partial charge in [0.2, 0.25) is 0 Å². The van der Waals surface area contributed by atoms with Gasteiger partial charge in [-0.3, -0.25) is 0 Å². The van der Waals surface area contributed by atoms with Crippen LogP contribution in [0.15, 0.2) is 173 Å². The zero-order valence-electron chi connectivity index (χ0n) is 29.9. The Labute approximate surface area is 311 Å². The van der Waals surface area contributed by atoms with Gasteiger partial charge in [-0.2, -0.15) is 0 Å². The van der Waals surface area contributed by atoms with E-state index in [0.717, 1.165) is 55.3 Å². The van der Waals surface area contributed by atoms with Crippen LogP contribution in [0.3, 0.4) is 0 Å². The third-order valence-corrected chi connectivity index (χ3v) is 12.0. The highest BCUT2D eigenvalue weighted by molar-refractivity contribution is 6.15. The molecule has 11 aromatic rings. The number of rotatable bonds is 3. The quantitative estimate of drug-likeness (QED) is 0.185. The topological polar surface area (TPSA) is 31.2 Å². The van der Waals surface area contributed by atoms with E-state index in [1.54, 1.807) is 0 Å². The fraction of sp³-hybridized carbons (Fsp3) is 0.0588. The minimum absolute atomic E-state index is 0.203. The monoisotopic (exact) mass is 691 g/mol. The molecule has 1 aliphatic carbocycles. The van der Waals surface area contributed by atoms with Crippen LogP contribution in [0.4, 0.5) is 0 Å². The molecule has 8 aromatic carbocycles. The molecular weight excluding hydrogens is 659 g/mol. The van der Waals surface area contributed by atoms with E-state index in [1.165, 1.54) is 60.6 Å². The van der Waals surface area contributed by atoms with Crippen molar-refractivity contribution < 1.29 is 8.83 Å². The van der Waals surface area contributed by atoms with E-state index in [9.17, 15) is 0 Å². The zero-order chi connectivity index (χ0) is 35.7. The summed E-state index contributed by atoms with van der Waals surface area (Å²) in [5.74, 6) is 0. The summed E-state index contributed by atoms with van der Waals surface area (Å²) < 4.78 is 15.5. The van der Waals surface area contributed by atoms with Gasteiger partial charge in [0, 0.05) is 54.5 Å². The van der Waals surface area contributed by atoms with E-state index < -0.39 is 0 Å². The van der Waals surface area contributed by atoms with Gasteiger partial charge in [0.1, 0.15) is 22.3 Å². The van der Waals surface area contributed by atoms with Gasteiger partial charge in [-0.05, 0) is 81.9 Å². The van der Waals surface area contributed by atoms with Crippen LogP contribution >= 0.6 is 0 Å². The Kier molecular flexibility index (Phi) is 5.84. The Morgan fingerprint density at radius 2 is 1.04 bits per heavy atom. The standard InChI is InChI=1S/C51H33NO2/c1-51(2)42-24-23-38-36-14-7-9-18-47(36)54-50(38)48(42)39-22-21-33(29-43(39)51)52-44-25-19-31(30-11-4-3-5-12-30)27-40(44)41-28-32(20-26-45(41)52)34-15-10-16-37-35-13-6-8-17-46(35)53-49(34)37/h3-29H,1-2H3. The fourth-order valence-corrected chi connectivity index (χ4v) is 9.38. The largest absolute Gasteiger partial charge is 0.455 e. The summed E-state index contributed by atoms with van der Waals surface area (Å²) in [6, 6.07) is 59.2. The lowest BCUT2D eigenvalue weighted by molar-refractivity contribution is 0.653. The highest BCUT2D eigenvalue weighted by Gasteiger charge is 2.38. The maximum Gasteiger partial charge on any atom is 0.143 e. The molecular formula is C51H33NO2. The van der Waals surface area contributed by atoms with E-state index >= 15 is 0 Å². The lowest BCUT2D eigenvalue weighted by Gasteiger charge is -2.22. The van der Waals surface area contributed by atoms with Crippen molar-refractivity contribution in [2.24, 2.45) is 0 Å². The van der Waals surface area contributed by atoms with Gasteiger partial charge in [-0.15, -0.1) is 0 Å². The SMILES string of the molecule is CC1(C)c2cc(-n3c4ccc(-c5ccccc5)cc4c4cc(-c5cccc6c5oc5ccccc56)ccc43)ccc2-c2c1ccc1c2oc2ccccc21. The second-order valence-corrected chi connectivity index (χ2v) is 15.3. The molecule has 0 saturated heterocycles. The van der Waals surface area contributed by atoms with E-state index in [0.29, 0.717) is 0 Å². The molecule has 0 unspecified atom stereocenters. The molecule has 1 aliphatic rings. The summed E-state index contributed by atoms with van der Waals surface area (Å²) in [6.07, 6.45) is 0. The van der Waals surface area contributed by atoms with Gasteiger partial charge < -0.3 is 13.4 Å². The van der Waals surface area contributed by atoms with Gasteiger partial charge in [-0.1, -0.05) is 129 Å². The van der Waals surface area contributed by atoms with Crippen LogP contribution < -0.4 is 0 Å². The molecule has 254 valence electrons. The molecule has 0 spiro atoms. The number of furan rings is 2. The molecule has 0 aliphatic heterocycles. The highest BCUT2D eigenvalue weighted by atomic mass is 16.3. The van der Waals surface area contributed by atoms with Crippen molar-refractivity contribution in [2.75, 3.05) is 0 Å². The average Bonchev–Trinajstić information content (AvgIpc) is 3.94. The Bertz CT molecular complexity index is 3350. The second-order valence-electron chi connectivity index (χ2n) is 15.3. The summed E-state index contributed by atoms with van der Waals surface area (Å²) in [5, 5.41) is 7.04. The predicted molar refractivity (Wildman–Crippen MR) is 224 cm³/mol. The zero-order valence-corrected chi connectivity index (χ0v) is 29.9. The number of para-hydroxylation sites is 3. The molecule has 0 bridgehead atoms. The Morgan fingerprint density at radius 3 is 1.80 bits per heavy atom. The van der Waals surface area contributed by atoms with Crippen LogP contribution in [0.2, 0.25) is 0 Å². The van der Waals surface area contributed by atoms with Crippen molar-refractivity contribution in [3.05, 3.63) is 175 Å². The van der Waals surface area contributed by atoms with E-state index in [1.807, 2.05) is 12.1 Å². The number of hydrogen-bond acceptors (Lipinski definition) is 2. The minimum Gasteiger partial charge on any atom is -0.455 e. The van der Waals surface area contributed by atoms with Crippen molar-refractivity contribution >= 4 is 65.7 Å². The first-order chi connectivity index (χ1) is 26.5. The minimum atomic E-state index is -0.203. The highest BCUT2D eigenvalue weighted by Crippen LogP contribution is 2.53. The van der Waals surface area contributed by atoms with Crippen LogP contribution in [-0.4, -0.2) is 4.57 Å². The Morgan fingerprint density at radius 1 is 0.407 bits per heavy atom. The first-order valence-corrected chi connectivity index (χ1v) is 18.7. The maximum atomic E-state index is 6.59. The van der Waals surface area contributed by atoms with Gasteiger partial charge in [0.05, 0.1) is 11.0 Å². The normalized spacial score (nSPS) is 13.5. The third kappa shape index (κ3) is 3.96. The third-order valence-electron chi connectivity index (χ3n) is 12.0. The number of nitrogens with zero attached hydrogens (tertiary/aromatic N) is 1. The number of fused-ring (bicyclic) bond motifs is 13. The fourth-order valence-electron chi connectivity index (χ4n) is 9.38. The van der Waals surface area contributed by atoms with E-state index in [-0.39, 0.29) is 5.41 Å². The second kappa shape index (κ2) is 10.6. The molecule has 3 aromatic heterocycles. The molecule has 0 saturated carbocycles. The number of benzene rings is 8. The van der Waals surface area contributed by atoms with Gasteiger partial charge in [0.15, 0.2) is 0 Å². The van der Waals surface area contributed by atoms with Crippen LogP contribution in [0.25, 0.3) is 105 Å². The van der Waals surface area contributed by atoms with Gasteiger partial charge in [-0.25, -0.2) is 0 Å². The van der Waals surface area contributed by atoms with Crippen molar-refractivity contribution in [1.29, 1.82) is 0 Å². The summed E-state index contributed by atoms with van der Waals surface area (Å²) in [5.41, 5.74) is 16.8. The Balaban J connectivity index is 1.09. The van der Waals surface area contributed by atoms with Crippen LogP contribution in [0, 0.1) is 0 Å². The summed E-state index contributed by atoms with van der Waals surface area (Å²) in [6.45, 7) is 4.69. The molecule has 3 heteroatoms. The first kappa shape index (κ1) is 29.7. The van der Waals surface area contributed by atoms with Gasteiger partial charge in [0.25, 0.3) is 0 Å². The molecule has 3 heterocycles. The van der Waals surface area contributed by atoms with E-state index in [2.05, 4.69) is 170 Å².